The van der Waals surface area contributed by atoms with Gasteiger partial charge in [0.15, 0.2) is 0 Å². The number of aliphatic imine (C=N–C) groups is 2. The Hall–Kier alpha value is -5.08. The van der Waals surface area contributed by atoms with Gasteiger partial charge < -0.3 is 0 Å². The fourth-order valence-corrected chi connectivity index (χ4v) is 8.76. The molecule has 0 radical (unpaired) electrons. The zero-order valence-corrected chi connectivity index (χ0v) is 31.3. The van der Waals surface area contributed by atoms with Crippen LogP contribution in [0.5, 0.6) is 0 Å². The molecule has 6 aromatic rings. The summed E-state index contributed by atoms with van der Waals surface area (Å²) < 4.78 is 0. The maximum Gasteiger partial charge on any atom is 0.0978 e. The Bertz CT molecular complexity index is 2180. The Morgan fingerprint density at radius 1 is 0.420 bits per heavy atom. The van der Waals surface area contributed by atoms with Crippen LogP contribution in [0.2, 0.25) is 0 Å². The summed E-state index contributed by atoms with van der Waals surface area (Å²) in [6.07, 6.45) is 0. The predicted molar refractivity (Wildman–Crippen MR) is 215 cm³/mol. The van der Waals surface area contributed by atoms with Crippen LogP contribution in [0.4, 0.5) is 11.4 Å². The van der Waals surface area contributed by atoms with E-state index < -0.39 is 0 Å². The normalized spacial score (nSPS) is 15.3. The molecule has 0 spiro atoms. The molecule has 0 heterocycles. The van der Waals surface area contributed by atoms with Crippen LogP contribution in [0.15, 0.2) is 107 Å². The van der Waals surface area contributed by atoms with E-state index in [1.54, 1.807) is 0 Å². The average molecular weight is 653 g/mol. The SMILES string of the molecule is Cc1cc(C)c([C@H](C)c2cc(C)ccc2N=C2C(=Nc3ccc(C)cc3[C@@H](C)c3c(C)cc(C)cc3C)c3cccc4cccc2c34)c(C)c1. The molecule has 0 unspecified atom stereocenters. The third kappa shape index (κ3) is 5.92. The quantitative estimate of drug-likeness (QED) is 0.171. The van der Waals surface area contributed by atoms with Gasteiger partial charge in [-0.05, 0) is 117 Å². The number of aryl methyl sites for hydroxylation is 8. The number of rotatable bonds is 6. The lowest BCUT2D eigenvalue weighted by Gasteiger charge is -2.22. The minimum absolute atomic E-state index is 0.181. The highest BCUT2D eigenvalue weighted by atomic mass is 14.8. The van der Waals surface area contributed by atoms with Gasteiger partial charge in [-0.3, -0.25) is 0 Å². The number of nitrogens with zero attached hydrogens (tertiary/aromatic N) is 2. The van der Waals surface area contributed by atoms with Crippen LogP contribution in [0.3, 0.4) is 0 Å². The zero-order chi connectivity index (χ0) is 35.4. The van der Waals surface area contributed by atoms with Gasteiger partial charge in [0.2, 0.25) is 0 Å². The highest BCUT2D eigenvalue weighted by Crippen LogP contribution is 2.41. The van der Waals surface area contributed by atoms with Crippen LogP contribution in [0.25, 0.3) is 10.8 Å². The van der Waals surface area contributed by atoms with E-state index in [0.717, 1.165) is 33.9 Å². The smallest absolute Gasteiger partial charge is 0.0978 e. The molecule has 0 aliphatic heterocycles. The van der Waals surface area contributed by atoms with Crippen LogP contribution in [-0.2, 0) is 0 Å². The van der Waals surface area contributed by atoms with Gasteiger partial charge in [0, 0.05) is 28.3 Å². The van der Waals surface area contributed by atoms with Crippen molar-refractivity contribution in [1.29, 1.82) is 0 Å². The molecule has 0 fully saturated rings. The van der Waals surface area contributed by atoms with Crippen LogP contribution in [-0.4, -0.2) is 11.4 Å². The summed E-state index contributed by atoms with van der Waals surface area (Å²) in [6.45, 7) is 22.4. The largest absolute Gasteiger partial charge is 0.246 e. The van der Waals surface area contributed by atoms with Gasteiger partial charge in [-0.1, -0.05) is 121 Å². The highest BCUT2D eigenvalue weighted by molar-refractivity contribution is 6.61. The molecule has 2 heteroatoms. The van der Waals surface area contributed by atoms with E-state index in [1.165, 1.54) is 77.5 Å². The standard InChI is InChI=1S/C48H48N2/c1-27-17-19-42(40(25-27)35(9)44-31(5)21-29(3)22-32(44)6)49-47-38-15-11-13-37-14-12-16-39(46(37)38)48(47)50-43-20-18-28(2)26-41(43)36(10)45-33(7)23-30(4)24-34(45)8/h11-26,35-36H,1-10H3/t35-,36-/m1/s1. The van der Waals surface area contributed by atoms with Crippen LogP contribution >= 0.6 is 0 Å². The summed E-state index contributed by atoms with van der Waals surface area (Å²) in [5, 5.41) is 2.44. The fraction of sp³-hybridized carbons (Fsp3) is 0.250. The van der Waals surface area contributed by atoms with Gasteiger partial charge in [0.1, 0.15) is 0 Å². The van der Waals surface area contributed by atoms with Crippen molar-refractivity contribution in [3.8, 4) is 0 Å². The van der Waals surface area contributed by atoms with Crippen molar-refractivity contribution < 1.29 is 0 Å². The fourth-order valence-electron chi connectivity index (χ4n) is 8.76. The van der Waals surface area contributed by atoms with E-state index in [2.05, 4.69) is 166 Å². The predicted octanol–water partition coefficient (Wildman–Crippen LogP) is 12.9. The Morgan fingerprint density at radius 2 is 0.800 bits per heavy atom. The first-order valence-corrected chi connectivity index (χ1v) is 18.0. The number of hydrogen-bond acceptors (Lipinski definition) is 2. The van der Waals surface area contributed by atoms with Crippen molar-refractivity contribution in [1.82, 2.24) is 0 Å². The molecule has 6 aromatic carbocycles. The van der Waals surface area contributed by atoms with Crippen LogP contribution in [0.1, 0.15) is 104 Å². The monoisotopic (exact) mass is 652 g/mol. The van der Waals surface area contributed by atoms with E-state index in [4.69, 9.17) is 9.98 Å². The van der Waals surface area contributed by atoms with Gasteiger partial charge in [-0.2, -0.15) is 0 Å². The molecule has 0 amide bonds. The van der Waals surface area contributed by atoms with Crippen molar-refractivity contribution in [2.24, 2.45) is 9.98 Å². The Kier molecular flexibility index (Phi) is 8.68. The van der Waals surface area contributed by atoms with E-state index in [-0.39, 0.29) is 11.8 Å². The highest BCUT2D eigenvalue weighted by Gasteiger charge is 2.29. The van der Waals surface area contributed by atoms with Crippen molar-refractivity contribution >= 4 is 33.6 Å². The molecule has 2 nitrogen and oxygen atoms in total. The molecule has 50 heavy (non-hydrogen) atoms. The van der Waals surface area contributed by atoms with Crippen molar-refractivity contribution in [3.05, 3.63) is 175 Å². The second-order valence-corrected chi connectivity index (χ2v) is 14.8. The van der Waals surface area contributed by atoms with Gasteiger partial charge in [-0.25, -0.2) is 9.98 Å². The third-order valence-corrected chi connectivity index (χ3v) is 10.7. The maximum atomic E-state index is 5.61. The van der Waals surface area contributed by atoms with Crippen molar-refractivity contribution in [2.75, 3.05) is 0 Å². The maximum absolute atomic E-state index is 5.61. The first-order valence-electron chi connectivity index (χ1n) is 18.0. The second-order valence-electron chi connectivity index (χ2n) is 14.8. The Labute approximate surface area is 298 Å². The summed E-state index contributed by atoms with van der Waals surface area (Å²) in [7, 11) is 0. The summed E-state index contributed by atoms with van der Waals surface area (Å²) in [5.74, 6) is 0.362. The van der Waals surface area contributed by atoms with E-state index in [1.807, 2.05) is 0 Å². The molecule has 0 saturated heterocycles. The van der Waals surface area contributed by atoms with E-state index >= 15 is 0 Å². The summed E-state index contributed by atoms with van der Waals surface area (Å²) in [5.41, 5.74) is 21.8. The summed E-state index contributed by atoms with van der Waals surface area (Å²) >= 11 is 0. The van der Waals surface area contributed by atoms with Gasteiger partial charge in [0.25, 0.3) is 0 Å². The molecular weight excluding hydrogens is 605 g/mol. The Morgan fingerprint density at radius 3 is 1.18 bits per heavy atom. The minimum atomic E-state index is 0.181. The van der Waals surface area contributed by atoms with Crippen molar-refractivity contribution in [3.63, 3.8) is 0 Å². The van der Waals surface area contributed by atoms with Crippen molar-refractivity contribution in [2.45, 2.75) is 81.1 Å². The molecule has 0 saturated carbocycles. The van der Waals surface area contributed by atoms with Crippen LogP contribution < -0.4 is 0 Å². The average Bonchev–Trinajstić information content (AvgIpc) is 3.34. The molecule has 1 aliphatic rings. The first kappa shape index (κ1) is 33.4. The van der Waals surface area contributed by atoms with Crippen LogP contribution in [0, 0.1) is 55.4 Å². The van der Waals surface area contributed by atoms with E-state index in [0.29, 0.717) is 0 Å². The molecule has 0 N–H and O–H groups in total. The lowest BCUT2D eigenvalue weighted by atomic mass is 9.84. The van der Waals surface area contributed by atoms with Gasteiger partial charge in [0.05, 0.1) is 22.8 Å². The number of benzene rings is 6. The zero-order valence-electron chi connectivity index (χ0n) is 31.3. The molecule has 7 rings (SSSR count). The molecule has 0 bridgehead atoms. The third-order valence-electron chi connectivity index (χ3n) is 10.7. The molecule has 250 valence electrons. The summed E-state index contributed by atoms with van der Waals surface area (Å²) in [6, 6.07) is 35.8. The van der Waals surface area contributed by atoms with Gasteiger partial charge >= 0.3 is 0 Å². The number of hydrogen-bond donors (Lipinski definition) is 0. The topological polar surface area (TPSA) is 24.7 Å². The van der Waals surface area contributed by atoms with Gasteiger partial charge in [-0.15, -0.1) is 0 Å². The Balaban J connectivity index is 1.45. The lowest BCUT2D eigenvalue weighted by molar-refractivity contribution is 0.893. The first-order chi connectivity index (χ1) is 23.9. The molecule has 0 aromatic heterocycles. The van der Waals surface area contributed by atoms with E-state index in [9.17, 15) is 0 Å². The molecule has 2 atom stereocenters. The summed E-state index contributed by atoms with van der Waals surface area (Å²) in [4.78, 5) is 11.2. The lowest BCUT2D eigenvalue weighted by Crippen LogP contribution is -2.11. The second kappa shape index (κ2) is 13.0. The minimum Gasteiger partial charge on any atom is -0.246 e. The molecular formula is C48H48N2. The molecule has 1 aliphatic carbocycles.